The summed E-state index contributed by atoms with van der Waals surface area (Å²) < 4.78 is 4.51. The molecule has 0 aromatic carbocycles. The average molecular weight is 212 g/mol. The summed E-state index contributed by atoms with van der Waals surface area (Å²) in [6.45, 7) is 3.51. The van der Waals surface area contributed by atoms with E-state index in [0.717, 1.165) is 6.08 Å². The Morgan fingerprint density at radius 1 is 1.46 bits per heavy atom. The summed E-state index contributed by atoms with van der Waals surface area (Å²) in [5.41, 5.74) is 0. The Kier molecular flexibility index (Phi) is 13.2. The van der Waals surface area contributed by atoms with Crippen molar-refractivity contribution in [3.63, 3.8) is 0 Å². The normalized spacial score (nSPS) is 8.69. The van der Waals surface area contributed by atoms with Crippen LogP contribution in [-0.4, -0.2) is 39.0 Å². The summed E-state index contributed by atoms with van der Waals surface area (Å²) >= 11 is 0. The maximum atomic E-state index is 10.3. The molecule has 0 saturated heterocycles. The number of esters is 1. The fraction of sp³-hybridized carbons (Fsp3) is 0.500. The fourth-order valence-electron chi connectivity index (χ4n) is 0.296. The van der Waals surface area contributed by atoms with Gasteiger partial charge in [0.25, 0.3) is 0 Å². The third-order valence-corrected chi connectivity index (χ3v) is 0.713. The minimum atomic E-state index is -2.62. The van der Waals surface area contributed by atoms with Gasteiger partial charge in [-0.15, -0.1) is 0 Å². The van der Waals surface area contributed by atoms with Gasteiger partial charge in [0.1, 0.15) is 0 Å². The lowest BCUT2D eigenvalue weighted by Gasteiger charge is -1.96. The van der Waals surface area contributed by atoms with E-state index in [4.69, 9.17) is 19.8 Å². The molecule has 0 unspecified atom stereocenters. The average Bonchev–Trinajstić information content (AvgIpc) is 2.03. The van der Waals surface area contributed by atoms with Gasteiger partial charge >= 0.3 is 14.6 Å². The molecule has 7 heteroatoms. The van der Waals surface area contributed by atoms with Crippen LogP contribution in [0, 0.1) is 0 Å². The standard InChI is InChI=1S/C6H10O3.H3O3P/c1-2-6(8)9-5-3-4-7;1-4(2)3/h2,7H,1,3-5H2;1-3H. The lowest BCUT2D eigenvalue weighted by Crippen LogP contribution is -2.02. The first kappa shape index (κ1) is 15.0. The number of ether oxygens (including phenoxy) is 1. The number of carbonyl (C=O) groups excluding carboxylic acids is 1. The van der Waals surface area contributed by atoms with Crippen molar-refractivity contribution in [2.24, 2.45) is 0 Å². The van der Waals surface area contributed by atoms with Crippen molar-refractivity contribution in [3.05, 3.63) is 12.7 Å². The lowest BCUT2D eigenvalue weighted by atomic mass is 10.5. The molecular formula is C6H13O6P. The molecule has 0 aromatic rings. The Bertz CT molecular complexity index is 134. The summed E-state index contributed by atoms with van der Waals surface area (Å²) in [5.74, 6) is -0.441. The number of rotatable bonds is 4. The van der Waals surface area contributed by atoms with Crippen LogP contribution in [0.5, 0.6) is 0 Å². The maximum Gasteiger partial charge on any atom is 0.330 e. The first-order valence-corrected chi connectivity index (χ1v) is 4.51. The van der Waals surface area contributed by atoms with E-state index in [1.54, 1.807) is 0 Å². The van der Waals surface area contributed by atoms with E-state index in [2.05, 4.69) is 11.3 Å². The van der Waals surface area contributed by atoms with Crippen LogP contribution >= 0.6 is 8.60 Å². The van der Waals surface area contributed by atoms with Gasteiger partial charge in [-0.2, -0.15) is 0 Å². The van der Waals surface area contributed by atoms with Gasteiger partial charge < -0.3 is 24.5 Å². The second kappa shape index (κ2) is 11.5. The summed E-state index contributed by atoms with van der Waals surface area (Å²) in [6.07, 6.45) is 1.58. The van der Waals surface area contributed by atoms with Gasteiger partial charge in [0.15, 0.2) is 0 Å². The highest BCUT2D eigenvalue weighted by Crippen LogP contribution is 2.11. The van der Waals surface area contributed by atoms with Crippen LogP contribution in [-0.2, 0) is 9.53 Å². The smallest absolute Gasteiger partial charge is 0.330 e. The highest BCUT2D eigenvalue weighted by Gasteiger charge is 1.91. The highest BCUT2D eigenvalue weighted by molar-refractivity contribution is 7.38. The Balaban J connectivity index is 0. The second-order valence-corrected chi connectivity index (χ2v) is 2.25. The van der Waals surface area contributed by atoms with Crippen LogP contribution in [0.4, 0.5) is 0 Å². The number of carbonyl (C=O) groups is 1. The molecule has 0 spiro atoms. The van der Waals surface area contributed by atoms with E-state index in [-0.39, 0.29) is 13.2 Å². The minimum Gasteiger partial charge on any atom is -0.462 e. The number of aliphatic hydroxyl groups excluding tert-OH is 1. The molecule has 0 atom stereocenters. The summed E-state index contributed by atoms with van der Waals surface area (Å²) in [7, 11) is -2.62. The topological polar surface area (TPSA) is 107 Å². The van der Waals surface area contributed by atoms with Crippen LogP contribution < -0.4 is 0 Å². The molecule has 0 radical (unpaired) electrons. The van der Waals surface area contributed by atoms with Crippen molar-refractivity contribution in [2.75, 3.05) is 13.2 Å². The number of hydrogen-bond donors (Lipinski definition) is 4. The second-order valence-electron chi connectivity index (χ2n) is 1.72. The lowest BCUT2D eigenvalue weighted by molar-refractivity contribution is -0.137. The number of aliphatic hydroxyl groups is 1. The molecule has 0 rings (SSSR count). The third kappa shape index (κ3) is 24.6. The van der Waals surface area contributed by atoms with E-state index in [1.807, 2.05) is 0 Å². The van der Waals surface area contributed by atoms with Crippen molar-refractivity contribution in [1.82, 2.24) is 0 Å². The maximum absolute atomic E-state index is 10.3. The van der Waals surface area contributed by atoms with Gasteiger partial charge in [-0.1, -0.05) is 6.58 Å². The first-order valence-electron chi connectivity index (χ1n) is 3.31. The molecule has 0 aromatic heterocycles. The molecule has 4 N–H and O–H groups in total. The molecule has 0 bridgehead atoms. The summed E-state index contributed by atoms with van der Waals surface area (Å²) in [4.78, 5) is 32.0. The predicted molar refractivity (Wildman–Crippen MR) is 46.4 cm³/mol. The number of hydrogen-bond acceptors (Lipinski definition) is 6. The van der Waals surface area contributed by atoms with Crippen LogP contribution in [0.15, 0.2) is 12.7 Å². The van der Waals surface area contributed by atoms with E-state index in [1.165, 1.54) is 0 Å². The first-order chi connectivity index (χ1) is 6.04. The van der Waals surface area contributed by atoms with Crippen LogP contribution in [0.2, 0.25) is 0 Å². The van der Waals surface area contributed by atoms with Gasteiger partial charge in [-0.3, -0.25) is 0 Å². The molecule has 0 heterocycles. The van der Waals surface area contributed by atoms with Crippen molar-refractivity contribution >= 4 is 14.6 Å². The zero-order chi connectivity index (χ0) is 10.7. The van der Waals surface area contributed by atoms with Gasteiger partial charge in [0, 0.05) is 19.1 Å². The molecule has 13 heavy (non-hydrogen) atoms. The fourth-order valence-corrected chi connectivity index (χ4v) is 0.296. The predicted octanol–water partition coefficient (Wildman–Crippen LogP) is -0.712. The Labute approximate surface area is 77.1 Å². The van der Waals surface area contributed by atoms with E-state index < -0.39 is 14.6 Å². The van der Waals surface area contributed by atoms with Crippen molar-refractivity contribution in [2.45, 2.75) is 6.42 Å². The zero-order valence-electron chi connectivity index (χ0n) is 6.96. The molecule has 0 aliphatic heterocycles. The van der Waals surface area contributed by atoms with Gasteiger partial charge in [-0.25, -0.2) is 4.79 Å². The monoisotopic (exact) mass is 212 g/mol. The minimum absolute atomic E-state index is 0.0461. The van der Waals surface area contributed by atoms with E-state index >= 15 is 0 Å². The van der Waals surface area contributed by atoms with Gasteiger partial charge in [0.05, 0.1) is 6.61 Å². The van der Waals surface area contributed by atoms with E-state index in [0.29, 0.717) is 6.42 Å². The summed E-state index contributed by atoms with van der Waals surface area (Å²) in [5, 5.41) is 8.23. The quantitative estimate of drug-likeness (QED) is 0.212. The van der Waals surface area contributed by atoms with Crippen molar-refractivity contribution < 1.29 is 29.3 Å². The zero-order valence-corrected chi connectivity index (χ0v) is 7.85. The molecule has 0 aliphatic rings. The van der Waals surface area contributed by atoms with Crippen LogP contribution in [0.3, 0.4) is 0 Å². The molecule has 78 valence electrons. The van der Waals surface area contributed by atoms with Crippen LogP contribution in [0.1, 0.15) is 6.42 Å². The van der Waals surface area contributed by atoms with E-state index in [9.17, 15) is 4.79 Å². The molecule has 0 aliphatic carbocycles. The van der Waals surface area contributed by atoms with Gasteiger partial charge in [0.2, 0.25) is 0 Å². The largest absolute Gasteiger partial charge is 0.462 e. The van der Waals surface area contributed by atoms with Crippen LogP contribution in [0.25, 0.3) is 0 Å². The molecule has 0 amide bonds. The Hall–Kier alpha value is -0.520. The summed E-state index contributed by atoms with van der Waals surface area (Å²) in [6, 6.07) is 0. The molecular weight excluding hydrogens is 199 g/mol. The third-order valence-electron chi connectivity index (χ3n) is 0.713. The van der Waals surface area contributed by atoms with Gasteiger partial charge in [-0.05, 0) is 0 Å². The molecule has 0 saturated carbocycles. The molecule has 6 nitrogen and oxygen atoms in total. The van der Waals surface area contributed by atoms with Crippen molar-refractivity contribution in [1.29, 1.82) is 0 Å². The SMILES string of the molecule is C=CC(=O)OCCCO.OP(O)O. The Morgan fingerprint density at radius 2 is 1.92 bits per heavy atom. The molecule has 0 fully saturated rings. The van der Waals surface area contributed by atoms with Crippen molar-refractivity contribution in [3.8, 4) is 0 Å². The highest BCUT2D eigenvalue weighted by atomic mass is 31.2. The Morgan fingerprint density at radius 3 is 2.23 bits per heavy atom.